The average Bonchev–Trinajstić information content (AvgIpc) is 2.73. The summed E-state index contributed by atoms with van der Waals surface area (Å²) in [4.78, 5) is 8.68. The monoisotopic (exact) mass is 380 g/mol. The van der Waals surface area contributed by atoms with E-state index in [-0.39, 0.29) is 0 Å². The molecule has 0 N–H and O–H groups in total. The minimum absolute atomic E-state index is 0.660. The quantitative estimate of drug-likeness (QED) is 0.361. The second-order valence-electron chi connectivity index (χ2n) is 6.57. The molecule has 4 heteroatoms. The number of benzene rings is 2. The van der Waals surface area contributed by atoms with Crippen molar-refractivity contribution in [2.45, 2.75) is 26.2 Å². The minimum Gasteiger partial charge on any atom is -0.379 e. The second kappa shape index (κ2) is 13.8. The van der Waals surface area contributed by atoms with E-state index in [1.165, 1.54) is 17.5 Å². The molecule has 2 aromatic rings. The van der Waals surface area contributed by atoms with Crippen LogP contribution < -0.4 is 0 Å². The Hall–Kier alpha value is -2.30. The van der Waals surface area contributed by atoms with E-state index >= 15 is 0 Å². The topological polar surface area (TPSA) is 43.2 Å². The predicted octanol–water partition coefficient (Wildman–Crippen LogP) is 5.04. The van der Waals surface area contributed by atoms with Crippen molar-refractivity contribution >= 4 is 12.4 Å². The molecule has 0 aromatic heterocycles. The summed E-state index contributed by atoms with van der Waals surface area (Å²) >= 11 is 0. The highest BCUT2D eigenvalue weighted by Crippen LogP contribution is 2.23. The summed E-state index contributed by atoms with van der Waals surface area (Å²) in [6.45, 7) is 5.81. The van der Waals surface area contributed by atoms with Gasteiger partial charge in [-0.05, 0) is 35.6 Å². The Kier molecular flexibility index (Phi) is 10.8. The first-order chi connectivity index (χ1) is 13.8. The third-order valence-electron chi connectivity index (χ3n) is 4.26. The molecule has 0 bridgehead atoms. The summed E-state index contributed by atoms with van der Waals surface area (Å²) in [6.07, 6.45) is 7.03. The highest BCUT2D eigenvalue weighted by atomic mass is 16.5. The van der Waals surface area contributed by atoms with Crippen LogP contribution in [-0.4, -0.2) is 52.4 Å². The first-order valence-corrected chi connectivity index (χ1v) is 10.1. The van der Waals surface area contributed by atoms with Crippen LogP contribution in [0.5, 0.6) is 0 Å². The molecule has 0 saturated carbocycles. The zero-order chi connectivity index (χ0) is 19.9. The molecule has 0 aliphatic carbocycles. The van der Waals surface area contributed by atoms with Crippen molar-refractivity contribution in [3.8, 4) is 11.1 Å². The highest BCUT2D eigenvalue weighted by molar-refractivity contribution is 5.91. The maximum absolute atomic E-state index is 5.58. The van der Waals surface area contributed by atoms with Crippen molar-refractivity contribution in [1.82, 2.24) is 0 Å². The molecule has 150 valence electrons. The van der Waals surface area contributed by atoms with Gasteiger partial charge in [0, 0.05) is 44.8 Å². The number of unbranched alkanes of at least 4 members (excludes halogenated alkanes) is 1. The van der Waals surface area contributed by atoms with Crippen LogP contribution in [0.2, 0.25) is 0 Å². The van der Waals surface area contributed by atoms with E-state index in [9.17, 15) is 0 Å². The van der Waals surface area contributed by atoms with Crippen molar-refractivity contribution in [3.63, 3.8) is 0 Å². The van der Waals surface area contributed by atoms with Crippen LogP contribution in [0, 0.1) is 0 Å². The SMILES string of the molecule is CCCCOCCOCCC/N=C/c1ccccc1-c1cccc(/C=N/C)c1. The summed E-state index contributed by atoms with van der Waals surface area (Å²) in [5, 5.41) is 0. The summed E-state index contributed by atoms with van der Waals surface area (Å²) in [7, 11) is 1.79. The van der Waals surface area contributed by atoms with Gasteiger partial charge in [0.2, 0.25) is 0 Å². The Bertz CT molecular complexity index is 741. The maximum atomic E-state index is 5.58. The van der Waals surface area contributed by atoms with Crippen LogP contribution in [0.25, 0.3) is 11.1 Å². The van der Waals surface area contributed by atoms with Gasteiger partial charge in [0.15, 0.2) is 0 Å². The van der Waals surface area contributed by atoms with Gasteiger partial charge in [-0.3, -0.25) is 9.98 Å². The second-order valence-corrected chi connectivity index (χ2v) is 6.57. The number of ether oxygens (including phenoxy) is 2. The molecule has 0 aliphatic rings. The molecule has 0 radical (unpaired) electrons. The standard InChI is InChI=1S/C24H32N2O2/c1-3-4-14-27-16-17-28-15-8-13-26-20-23-10-5-6-12-24(23)22-11-7-9-21(18-22)19-25-2/h5-7,9-12,18-20H,3-4,8,13-17H2,1-2H3/b25-19+,26-20+. The molecule has 0 heterocycles. The molecule has 0 atom stereocenters. The molecule has 28 heavy (non-hydrogen) atoms. The van der Waals surface area contributed by atoms with Crippen molar-refractivity contribution in [2.75, 3.05) is 40.0 Å². The molecule has 4 nitrogen and oxygen atoms in total. The van der Waals surface area contributed by atoms with E-state index in [4.69, 9.17) is 9.47 Å². The largest absolute Gasteiger partial charge is 0.379 e. The van der Waals surface area contributed by atoms with Crippen molar-refractivity contribution in [1.29, 1.82) is 0 Å². The van der Waals surface area contributed by atoms with Gasteiger partial charge in [0.25, 0.3) is 0 Å². The Labute approximate surface area is 169 Å². The predicted molar refractivity (Wildman–Crippen MR) is 119 cm³/mol. The Morgan fingerprint density at radius 3 is 2.43 bits per heavy atom. The molecule has 2 aromatic carbocycles. The van der Waals surface area contributed by atoms with Gasteiger partial charge in [-0.25, -0.2) is 0 Å². The maximum Gasteiger partial charge on any atom is 0.0700 e. The van der Waals surface area contributed by atoms with Gasteiger partial charge in [-0.1, -0.05) is 55.8 Å². The molecule has 0 aliphatic heterocycles. The third-order valence-corrected chi connectivity index (χ3v) is 4.26. The smallest absolute Gasteiger partial charge is 0.0700 e. The molecule has 0 spiro atoms. The van der Waals surface area contributed by atoms with Crippen LogP contribution in [-0.2, 0) is 9.47 Å². The first-order valence-electron chi connectivity index (χ1n) is 10.1. The lowest BCUT2D eigenvalue weighted by molar-refractivity contribution is 0.0465. The summed E-state index contributed by atoms with van der Waals surface area (Å²) in [6, 6.07) is 16.7. The highest BCUT2D eigenvalue weighted by Gasteiger charge is 2.03. The number of aliphatic imine (C=N–C) groups is 2. The number of hydrogen-bond donors (Lipinski definition) is 0. The zero-order valence-electron chi connectivity index (χ0n) is 17.1. The Morgan fingerprint density at radius 1 is 0.857 bits per heavy atom. The first kappa shape index (κ1) is 22.0. The summed E-state index contributed by atoms with van der Waals surface area (Å²) < 4.78 is 11.1. The number of hydrogen-bond acceptors (Lipinski definition) is 4. The molecule has 0 saturated heterocycles. The fourth-order valence-electron chi connectivity index (χ4n) is 2.80. The van der Waals surface area contributed by atoms with E-state index in [1.807, 2.05) is 18.5 Å². The van der Waals surface area contributed by atoms with Crippen molar-refractivity contribution in [3.05, 3.63) is 59.7 Å². The van der Waals surface area contributed by atoms with E-state index in [0.717, 1.165) is 37.1 Å². The van der Waals surface area contributed by atoms with Crippen molar-refractivity contribution < 1.29 is 9.47 Å². The fraction of sp³-hybridized carbons (Fsp3) is 0.417. The molecular weight excluding hydrogens is 348 g/mol. The Balaban J connectivity index is 1.79. The lowest BCUT2D eigenvalue weighted by atomic mass is 9.99. The molecule has 0 unspecified atom stereocenters. The van der Waals surface area contributed by atoms with E-state index in [1.54, 1.807) is 7.05 Å². The van der Waals surface area contributed by atoms with Gasteiger partial charge in [-0.2, -0.15) is 0 Å². The normalized spacial score (nSPS) is 11.6. The molecule has 0 amide bonds. The van der Waals surface area contributed by atoms with Gasteiger partial charge in [0.1, 0.15) is 0 Å². The lowest BCUT2D eigenvalue weighted by Crippen LogP contribution is -2.06. The van der Waals surface area contributed by atoms with Crippen LogP contribution in [0.15, 0.2) is 58.5 Å². The Morgan fingerprint density at radius 2 is 1.64 bits per heavy atom. The van der Waals surface area contributed by atoms with Crippen LogP contribution in [0.1, 0.15) is 37.3 Å². The van der Waals surface area contributed by atoms with E-state index < -0.39 is 0 Å². The average molecular weight is 381 g/mol. The molecule has 0 fully saturated rings. The van der Waals surface area contributed by atoms with E-state index in [0.29, 0.717) is 19.8 Å². The summed E-state index contributed by atoms with van der Waals surface area (Å²) in [5.74, 6) is 0. The van der Waals surface area contributed by atoms with Gasteiger partial charge in [0.05, 0.1) is 13.2 Å². The molecular formula is C24H32N2O2. The minimum atomic E-state index is 0.660. The van der Waals surface area contributed by atoms with Crippen molar-refractivity contribution in [2.24, 2.45) is 9.98 Å². The van der Waals surface area contributed by atoms with Gasteiger partial charge >= 0.3 is 0 Å². The van der Waals surface area contributed by atoms with Crippen LogP contribution in [0.3, 0.4) is 0 Å². The van der Waals surface area contributed by atoms with Gasteiger partial charge in [-0.15, -0.1) is 0 Å². The third kappa shape index (κ3) is 8.15. The van der Waals surface area contributed by atoms with Crippen LogP contribution >= 0.6 is 0 Å². The van der Waals surface area contributed by atoms with Gasteiger partial charge < -0.3 is 9.47 Å². The summed E-state index contributed by atoms with van der Waals surface area (Å²) in [5.41, 5.74) is 4.57. The number of rotatable bonds is 13. The lowest BCUT2D eigenvalue weighted by Gasteiger charge is -2.07. The van der Waals surface area contributed by atoms with Crippen LogP contribution in [0.4, 0.5) is 0 Å². The fourth-order valence-corrected chi connectivity index (χ4v) is 2.80. The zero-order valence-corrected chi connectivity index (χ0v) is 17.1. The number of nitrogens with zero attached hydrogens (tertiary/aromatic N) is 2. The molecule has 2 rings (SSSR count). The van der Waals surface area contributed by atoms with E-state index in [2.05, 4.69) is 59.4 Å².